The van der Waals surface area contributed by atoms with Gasteiger partial charge in [0.25, 0.3) is 0 Å². The van der Waals surface area contributed by atoms with E-state index in [4.69, 9.17) is 13.9 Å². The van der Waals surface area contributed by atoms with Crippen molar-refractivity contribution in [2.24, 2.45) is 0 Å². The van der Waals surface area contributed by atoms with Gasteiger partial charge in [0, 0.05) is 33.3 Å². The van der Waals surface area contributed by atoms with Crippen LogP contribution in [0.25, 0.3) is 0 Å². The predicted octanol–water partition coefficient (Wildman–Crippen LogP) is 0.907. The zero-order valence-corrected chi connectivity index (χ0v) is 13.3. The van der Waals surface area contributed by atoms with Gasteiger partial charge in [0.15, 0.2) is 0 Å². The summed E-state index contributed by atoms with van der Waals surface area (Å²) in [7, 11) is 1.60. The molecule has 1 aliphatic heterocycles. The Morgan fingerprint density at radius 2 is 2.14 bits per heavy atom. The fourth-order valence-corrected chi connectivity index (χ4v) is 2.45. The van der Waals surface area contributed by atoms with Crippen LogP contribution in [0, 0.1) is 6.92 Å². The second-order valence-corrected chi connectivity index (χ2v) is 5.24. The van der Waals surface area contributed by atoms with Crippen LogP contribution in [0.3, 0.4) is 0 Å². The van der Waals surface area contributed by atoms with Gasteiger partial charge in [-0.15, -0.1) is 0 Å². The largest absolute Gasteiger partial charge is 0.465 e. The number of aryl methyl sites for hydroxylation is 1. The second kappa shape index (κ2) is 8.77. The molecule has 0 saturated carbocycles. The molecule has 0 spiro atoms. The molecular weight excluding hydrogens is 286 g/mol. The number of methoxy groups -OCH3 is 1. The van der Waals surface area contributed by atoms with Crippen LogP contribution in [0.5, 0.6) is 0 Å². The van der Waals surface area contributed by atoms with Crippen LogP contribution in [0.1, 0.15) is 17.6 Å². The molecule has 2 N–H and O–H groups in total. The zero-order valence-electron chi connectivity index (χ0n) is 13.3. The van der Waals surface area contributed by atoms with Crippen molar-refractivity contribution in [3.05, 3.63) is 23.7 Å². The summed E-state index contributed by atoms with van der Waals surface area (Å²) >= 11 is 0. The number of rotatable bonds is 7. The van der Waals surface area contributed by atoms with Crippen LogP contribution in [-0.4, -0.2) is 64.0 Å². The van der Waals surface area contributed by atoms with Crippen molar-refractivity contribution >= 4 is 6.03 Å². The SMILES string of the molecule is COCCNC(=O)NC[C@H](c1ccc(C)o1)N1CCOCC1. The second-order valence-electron chi connectivity index (χ2n) is 5.24. The summed E-state index contributed by atoms with van der Waals surface area (Å²) in [6.45, 7) is 6.47. The fraction of sp³-hybridized carbons (Fsp3) is 0.667. The lowest BCUT2D eigenvalue weighted by Gasteiger charge is -2.33. The number of nitrogens with one attached hydrogen (secondary N) is 2. The third kappa shape index (κ3) is 5.01. The summed E-state index contributed by atoms with van der Waals surface area (Å²) in [4.78, 5) is 14.1. The number of urea groups is 1. The van der Waals surface area contributed by atoms with E-state index in [1.807, 2.05) is 19.1 Å². The Morgan fingerprint density at radius 1 is 1.36 bits per heavy atom. The molecule has 0 aliphatic carbocycles. The molecule has 0 aromatic carbocycles. The summed E-state index contributed by atoms with van der Waals surface area (Å²) in [5, 5.41) is 5.65. The monoisotopic (exact) mass is 311 g/mol. The highest BCUT2D eigenvalue weighted by molar-refractivity contribution is 5.73. The van der Waals surface area contributed by atoms with Gasteiger partial charge in [0.05, 0.1) is 25.9 Å². The summed E-state index contributed by atoms with van der Waals surface area (Å²) in [6.07, 6.45) is 0. The van der Waals surface area contributed by atoms with Gasteiger partial charge < -0.3 is 24.5 Å². The Kier molecular flexibility index (Phi) is 6.70. The average molecular weight is 311 g/mol. The molecule has 0 radical (unpaired) electrons. The average Bonchev–Trinajstić information content (AvgIpc) is 2.95. The van der Waals surface area contributed by atoms with Crippen molar-refractivity contribution in [2.45, 2.75) is 13.0 Å². The molecule has 22 heavy (non-hydrogen) atoms. The number of morpholine rings is 1. The van der Waals surface area contributed by atoms with Crippen LogP contribution < -0.4 is 10.6 Å². The minimum Gasteiger partial charge on any atom is -0.465 e. The number of nitrogens with zero attached hydrogens (tertiary/aromatic N) is 1. The number of amides is 2. The molecule has 0 unspecified atom stereocenters. The van der Waals surface area contributed by atoms with Crippen molar-refractivity contribution in [1.82, 2.24) is 15.5 Å². The molecule has 1 aromatic rings. The quantitative estimate of drug-likeness (QED) is 0.732. The Morgan fingerprint density at radius 3 is 2.77 bits per heavy atom. The molecule has 1 atom stereocenters. The van der Waals surface area contributed by atoms with Crippen LogP contribution >= 0.6 is 0 Å². The molecular formula is C15H25N3O4. The van der Waals surface area contributed by atoms with E-state index >= 15 is 0 Å². The van der Waals surface area contributed by atoms with Gasteiger partial charge in [0.1, 0.15) is 11.5 Å². The first-order chi connectivity index (χ1) is 10.7. The number of hydrogen-bond acceptors (Lipinski definition) is 5. The number of furan rings is 1. The number of carbonyl (C=O) groups excluding carboxylic acids is 1. The van der Waals surface area contributed by atoms with Gasteiger partial charge in [-0.05, 0) is 19.1 Å². The Balaban J connectivity index is 1.91. The van der Waals surface area contributed by atoms with E-state index < -0.39 is 0 Å². The third-order valence-corrected chi connectivity index (χ3v) is 3.62. The van der Waals surface area contributed by atoms with Crippen molar-refractivity contribution in [2.75, 3.05) is 53.1 Å². The molecule has 1 fully saturated rings. The standard InChI is InChI=1S/C15H25N3O4/c1-12-3-4-14(22-12)13(18-6-9-21-10-7-18)11-17-15(19)16-5-8-20-2/h3-4,13H,5-11H2,1-2H3,(H2,16,17,19)/t13-/m1/s1. The topological polar surface area (TPSA) is 76.0 Å². The van der Waals surface area contributed by atoms with E-state index in [1.165, 1.54) is 0 Å². The summed E-state index contributed by atoms with van der Waals surface area (Å²) in [6, 6.07) is 3.74. The lowest BCUT2D eigenvalue weighted by atomic mass is 10.1. The summed E-state index contributed by atoms with van der Waals surface area (Å²) in [5.74, 6) is 1.74. The first kappa shape index (κ1) is 16.8. The molecule has 2 heterocycles. The highest BCUT2D eigenvalue weighted by Crippen LogP contribution is 2.23. The van der Waals surface area contributed by atoms with Crippen molar-refractivity contribution in [1.29, 1.82) is 0 Å². The van der Waals surface area contributed by atoms with Gasteiger partial charge in [0.2, 0.25) is 0 Å². The van der Waals surface area contributed by atoms with Crippen LogP contribution in [-0.2, 0) is 9.47 Å². The molecule has 1 aliphatic rings. The van der Waals surface area contributed by atoms with E-state index in [-0.39, 0.29) is 12.1 Å². The van der Waals surface area contributed by atoms with Gasteiger partial charge in [-0.2, -0.15) is 0 Å². The van der Waals surface area contributed by atoms with E-state index in [2.05, 4.69) is 15.5 Å². The maximum atomic E-state index is 11.8. The van der Waals surface area contributed by atoms with Crippen LogP contribution in [0.15, 0.2) is 16.5 Å². The van der Waals surface area contributed by atoms with E-state index in [0.29, 0.717) is 32.9 Å². The lowest BCUT2D eigenvalue weighted by molar-refractivity contribution is 0.0121. The van der Waals surface area contributed by atoms with E-state index in [0.717, 1.165) is 24.6 Å². The van der Waals surface area contributed by atoms with E-state index in [9.17, 15) is 4.79 Å². The molecule has 2 amide bonds. The number of carbonyl (C=O) groups is 1. The molecule has 1 aromatic heterocycles. The Labute approximate surface area is 130 Å². The number of hydrogen-bond donors (Lipinski definition) is 2. The van der Waals surface area contributed by atoms with E-state index in [1.54, 1.807) is 7.11 Å². The minimum atomic E-state index is -0.196. The molecule has 0 bridgehead atoms. The molecule has 2 rings (SSSR count). The lowest BCUT2D eigenvalue weighted by Crippen LogP contribution is -2.46. The predicted molar refractivity (Wildman–Crippen MR) is 81.9 cm³/mol. The molecule has 7 heteroatoms. The summed E-state index contributed by atoms with van der Waals surface area (Å²) in [5.41, 5.74) is 0. The maximum Gasteiger partial charge on any atom is 0.314 e. The minimum absolute atomic E-state index is 0.0192. The van der Waals surface area contributed by atoms with Gasteiger partial charge in [-0.3, -0.25) is 4.90 Å². The zero-order chi connectivity index (χ0) is 15.8. The first-order valence-electron chi connectivity index (χ1n) is 7.59. The highest BCUT2D eigenvalue weighted by atomic mass is 16.5. The third-order valence-electron chi connectivity index (χ3n) is 3.62. The Hall–Kier alpha value is -1.57. The van der Waals surface area contributed by atoms with Crippen molar-refractivity contribution in [3.63, 3.8) is 0 Å². The van der Waals surface area contributed by atoms with Crippen LogP contribution in [0.2, 0.25) is 0 Å². The van der Waals surface area contributed by atoms with Crippen molar-refractivity contribution in [3.8, 4) is 0 Å². The van der Waals surface area contributed by atoms with Crippen molar-refractivity contribution < 1.29 is 18.7 Å². The summed E-state index contributed by atoms with van der Waals surface area (Å²) < 4.78 is 16.1. The molecule has 1 saturated heterocycles. The van der Waals surface area contributed by atoms with Crippen LogP contribution in [0.4, 0.5) is 4.79 Å². The highest BCUT2D eigenvalue weighted by Gasteiger charge is 2.25. The van der Waals surface area contributed by atoms with Gasteiger partial charge in [-0.25, -0.2) is 4.79 Å². The number of ether oxygens (including phenoxy) is 2. The maximum absolute atomic E-state index is 11.8. The smallest absolute Gasteiger partial charge is 0.314 e. The Bertz CT molecular complexity index is 457. The van der Waals surface area contributed by atoms with Gasteiger partial charge >= 0.3 is 6.03 Å². The fourth-order valence-electron chi connectivity index (χ4n) is 2.45. The molecule has 7 nitrogen and oxygen atoms in total. The normalized spacial score (nSPS) is 17.2. The first-order valence-corrected chi connectivity index (χ1v) is 7.59. The van der Waals surface area contributed by atoms with Gasteiger partial charge in [-0.1, -0.05) is 0 Å². The molecule has 124 valence electrons.